The Labute approximate surface area is 92.1 Å². The predicted octanol–water partition coefficient (Wildman–Crippen LogP) is 2.81. The fraction of sp³-hybridized carbons (Fsp3) is 0.250. The van der Waals surface area contributed by atoms with Crippen molar-refractivity contribution in [3.63, 3.8) is 0 Å². The molecule has 0 fully saturated rings. The lowest BCUT2D eigenvalue weighted by Gasteiger charge is -2.04. The molecule has 0 atom stereocenters. The third-order valence-electron chi connectivity index (χ3n) is 2.80. The first-order valence-electron chi connectivity index (χ1n) is 5.08. The smallest absolute Gasteiger partial charge is 0.352 e. The average Bonchev–Trinajstić information content (AvgIpc) is 2.53. The van der Waals surface area contributed by atoms with E-state index in [2.05, 4.69) is 0 Å². The van der Waals surface area contributed by atoms with E-state index < -0.39 is 5.97 Å². The molecule has 0 aliphatic carbocycles. The number of hydrogen-bond donors (Lipinski definition) is 1. The largest absolute Gasteiger partial charge is 0.477 e. The fourth-order valence-corrected chi connectivity index (χ4v) is 2.13. The van der Waals surface area contributed by atoms with Gasteiger partial charge in [-0.3, -0.25) is 0 Å². The molecule has 0 aliphatic rings. The number of rotatable bonds is 2. The maximum Gasteiger partial charge on any atom is 0.352 e. The van der Waals surface area contributed by atoms with Gasteiger partial charge in [0.15, 0.2) is 0 Å². The molecule has 0 saturated heterocycles. The first-order chi connectivity index (χ1) is 7.57. The quantitative estimate of drug-likeness (QED) is 0.847. The number of fused-ring (bicyclic) bond motifs is 1. The van der Waals surface area contributed by atoms with E-state index >= 15 is 0 Å². The van der Waals surface area contributed by atoms with Crippen molar-refractivity contribution in [2.45, 2.75) is 20.4 Å². The lowest BCUT2D eigenvalue weighted by Crippen LogP contribution is -2.08. The van der Waals surface area contributed by atoms with Gasteiger partial charge in [-0.2, -0.15) is 0 Å². The zero-order valence-electron chi connectivity index (χ0n) is 9.12. The van der Waals surface area contributed by atoms with Crippen LogP contribution in [0.4, 0.5) is 4.39 Å². The minimum atomic E-state index is -1.02. The molecule has 3 nitrogen and oxygen atoms in total. The van der Waals surface area contributed by atoms with Crippen LogP contribution in [0.3, 0.4) is 0 Å². The summed E-state index contributed by atoms with van der Waals surface area (Å²) in [5, 5.41) is 9.79. The van der Waals surface area contributed by atoms with Gasteiger partial charge in [0, 0.05) is 11.9 Å². The highest BCUT2D eigenvalue weighted by molar-refractivity contribution is 5.98. The van der Waals surface area contributed by atoms with Crippen LogP contribution in [0.1, 0.15) is 23.0 Å². The fourth-order valence-electron chi connectivity index (χ4n) is 2.13. The second-order valence-corrected chi connectivity index (χ2v) is 3.66. The van der Waals surface area contributed by atoms with Gasteiger partial charge in [0.2, 0.25) is 0 Å². The number of carbonyl (C=O) groups is 1. The third-order valence-corrected chi connectivity index (χ3v) is 2.80. The van der Waals surface area contributed by atoms with Gasteiger partial charge in [0.25, 0.3) is 0 Å². The molecule has 1 N–H and O–H groups in total. The van der Waals surface area contributed by atoms with Gasteiger partial charge in [-0.05, 0) is 25.5 Å². The number of hydrogen-bond acceptors (Lipinski definition) is 1. The number of carboxylic acids is 1. The average molecular weight is 221 g/mol. The Kier molecular flexibility index (Phi) is 2.42. The molecule has 1 aromatic heterocycles. The minimum Gasteiger partial charge on any atom is -0.477 e. The van der Waals surface area contributed by atoms with Crippen molar-refractivity contribution < 1.29 is 14.3 Å². The van der Waals surface area contributed by atoms with Crippen molar-refractivity contribution in [1.29, 1.82) is 0 Å². The van der Waals surface area contributed by atoms with E-state index in [1.807, 2.05) is 0 Å². The monoisotopic (exact) mass is 221 g/mol. The van der Waals surface area contributed by atoms with Crippen LogP contribution >= 0.6 is 0 Å². The lowest BCUT2D eigenvalue weighted by molar-refractivity contribution is 0.0685. The van der Waals surface area contributed by atoms with Gasteiger partial charge in [-0.1, -0.05) is 12.1 Å². The van der Waals surface area contributed by atoms with Crippen LogP contribution in [0.15, 0.2) is 18.2 Å². The maximum absolute atomic E-state index is 13.7. The summed E-state index contributed by atoms with van der Waals surface area (Å²) in [4.78, 5) is 11.1. The van der Waals surface area contributed by atoms with E-state index in [1.54, 1.807) is 26.0 Å². The lowest BCUT2D eigenvalue weighted by atomic mass is 10.1. The summed E-state index contributed by atoms with van der Waals surface area (Å²) in [7, 11) is 0. The van der Waals surface area contributed by atoms with Gasteiger partial charge in [-0.25, -0.2) is 9.18 Å². The predicted molar refractivity (Wildman–Crippen MR) is 59.3 cm³/mol. The second kappa shape index (κ2) is 3.63. The van der Waals surface area contributed by atoms with E-state index in [-0.39, 0.29) is 11.5 Å². The van der Waals surface area contributed by atoms with Crippen LogP contribution in [0, 0.1) is 12.7 Å². The van der Waals surface area contributed by atoms with Gasteiger partial charge < -0.3 is 9.67 Å². The molecule has 84 valence electrons. The molecule has 0 bridgehead atoms. The van der Waals surface area contributed by atoms with E-state index in [0.29, 0.717) is 23.0 Å². The molecular weight excluding hydrogens is 209 g/mol. The molecule has 0 saturated carbocycles. The number of halogens is 1. The minimum absolute atomic E-state index is 0.169. The summed E-state index contributed by atoms with van der Waals surface area (Å²) in [6.45, 7) is 3.95. The van der Waals surface area contributed by atoms with E-state index in [1.165, 1.54) is 10.6 Å². The van der Waals surface area contributed by atoms with Gasteiger partial charge in [0.1, 0.15) is 11.5 Å². The zero-order valence-corrected chi connectivity index (χ0v) is 9.12. The molecule has 1 heterocycles. The SMILES string of the molecule is CCn1c(C(=O)O)c(C)c2cccc(F)c21. The van der Waals surface area contributed by atoms with Crippen LogP contribution < -0.4 is 0 Å². The number of aromatic nitrogens is 1. The highest BCUT2D eigenvalue weighted by Gasteiger charge is 2.20. The van der Waals surface area contributed by atoms with Gasteiger partial charge >= 0.3 is 5.97 Å². The van der Waals surface area contributed by atoms with Crippen LogP contribution in [-0.4, -0.2) is 15.6 Å². The first-order valence-corrected chi connectivity index (χ1v) is 5.08. The Morgan fingerprint density at radius 2 is 2.19 bits per heavy atom. The summed E-state index contributed by atoms with van der Waals surface area (Å²) >= 11 is 0. The number of para-hydroxylation sites is 1. The Balaban J connectivity index is 2.97. The van der Waals surface area contributed by atoms with Crippen LogP contribution in [0.2, 0.25) is 0 Å². The molecule has 2 aromatic rings. The highest BCUT2D eigenvalue weighted by atomic mass is 19.1. The summed E-state index contributed by atoms with van der Waals surface area (Å²) < 4.78 is 15.2. The third kappa shape index (κ3) is 1.30. The van der Waals surface area contributed by atoms with E-state index in [4.69, 9.17) is 5.11 Å². The van der Waals surface area contributed by atoms with E-state index in [0.717, 1.165) is 0 Å². The van der Waals surface area contributed by atoms with E-state index in [9.17, 15) is 9.18 Å². The molecule has 0 amide bonds. The molecule has 0 spiro atoms. The van der Waals surface area contributed by atoms with Crippen molar-refractivity contribution in [3.8, 4) is 0 Å². The highest BCUT2D eigenvalue weighted by Crippen LogP contribution is 2.27. The van der Waals surface area contributed by atoms with Crippen LogP contribution in [0.5, 0.6) is 0 Å². The Hall–Kier alpha value is -1.84. The Morgan fingerprint density at radius 3 is 2.75 bits per heavy atom. The van der Waals surface area contributed by atoms with Crippen LogP contribution in [-0.2, 0) is 6.54 Å². The summed E-state index contributed by atoms with van der Waals surface area (Å²) in [5.74, 6) is -1.40. The summed E-state index contributed by atoms with van der Waals surface area (Å²) in [6.07, 6.45) is 0. The zero-order chi connectivity index (χ0) is 11.9. The van der Waals surface area contributed by atoms with Crippen molar-refractivity contribution in [3.05, 3.63) is 35.3 Å². The summed E-state index contributed by atoms with van der Waals surface area (Å²) in [6, 6.07) is 4.68. The second-order valence-electron chi connectivity index (χ2n) is 3.66. The molecule has 16 heavy (non-hydrogen) atoms. The summed E-state index contributed by atoms with van der Waals surface area (Å²) in [5.41, 5.74) is 1.16. The molecule has 0 radical (unpaired) electrons. The molecular formula is C12H12FNO2. The first kappa shape index (κ1) is 10.7. The van der Waals surface area contributed by atoms with Crippen molar-refractivity contribution in [1.82, 2.24) is 4.57 Å². The normalized spacial score (nSPS) is 10.9. The number of carboxylic acid groups (broad SMARTS) is 1. The molecule has 0 unspecified atom stereocenters. The molecule has 4 heteroatoms. The Morgan fingerprint density at radius 1 is 1.50 bits per heavy atom. The van der Waals surface area contributed by atoms with Crippen LogP contribution in [0.25, 0.3) is 10.9 Å². The number of benzene rings is 1. The maximum atomic E-state index is 13.7. The molecule has 1 aromatic carbocycles. The number of nitrogens with zero attached hydrogens (tertiary/aromatic N) is 1. The number of aryl methyl sites for hydroxylation is 2. The van der Waals surface area contributed by atoms with Crippen molar-refractivity contribution >= 4 is 16.9 Å². The van der Waals surface area contributed by atoms with Gasteiger partial charge in [0.05, 0.1) is 5.52 Å². The Bertz CT molecular complexity index is 572. The number of aromatic carboxylic acids is 1. The van der Waals surface area contributed by atoms with Crippen molar-refractivity contribution in [2.24, 2.45) is 0 Å². The molecule has 0 aliphatic heterocycles. The topological polar surface area (TPSA) is 42.2 Å². The van der Waals surface area contributed by atoms with Gasteiger partial charge in [-0.15, -0.1) is 0 Å². The molecule has 2 rings (SSSR count). The van der Waals surface area contributed by atoms with Crippen molar-refractivity contribution in [2.75, 3.05) is 0 Å². The standard InChI is InChI=1S/C12H12FNO2/c1-3-14-10(12(15)16)7(2)8-5-4-6-9(13)11(8)14/h4-6H,3H2,1-2H3,(H,15,16).